The number of hydroxylamine groups is 2. The maximum absolute atomic E-state index is 15.1. The fraction of sp³-hybridized carbons (Fsp3) is 0.409. The second-order valence-corrected chi connectivity index (χ2v) is 8.68. The molecule has 2 aromatic rings. The molecule has 13 nitrogen and oxygen atoms in total. The monoisotopic (exact) mass is 538 g/mol. The largest absolute Gasteiger partial charge is 0.476 e. The number of hydrogen-bond donors (Lipinski definition) is 3. The van der Waals surface area contributed by atoms with Crippen molar-refractivity contribution in [2.24, 2.45) is 0 Å². The van der Waals surface area contributed by atoms with Crippen molar-refractivity contribution in [2.75, 3.05) is 55.0 Å². The molecule has 3 N–H and O–H groups in total. The van der Waals surface area contributed by atoms with E-state index in [-0.39, 0.29) is 48.6 Å². The summed E-state index contributed by atoms with van der Waals surface area (Å²) in [5.74, 6) is -2.03. The van der Waals surface area contributed by atoms with Crippen molar-refractivity contribution in [1.82, 2.24) is 15.4 Å². The Bertz CT molecular complexity index is 1160. The minimum Gasteiger partial charge on any atom is -0.476 e. The summed E-state index contributed by atoms with van der Waals surface area (Å²) < 4.78 is 20.3. The number of carboxylic acids is 1. The van der Waals surface area contributed by atoms with Crippen molar-refractivity contribution >= 4 is 51.8 Å². The van der Waals surface area contributed by atoms with Crippen LogP contribution in [0.25, 0.3) is 0 Å². The highest BCUT2D eigenvalue weighted by molar-refractivity contribution is 7.14. The highest BCUT2D eigenvalue weighted by Gasteiger charge is 2.33. The molecule has 1 saturated heterocycles. The van der Waals surface area contributed by atoms with Gasteiger partial charge in [0.2, 0.25) is 5.91 Å². The summed E-state index contributed by atoms with van der Waals surface area (Å²) in [6.07, 6.45) is -1.18. The van der Waals surface area contributed by atoms with E-state index < -0.39 is 30.0 Å². The number of rotatable bonds is 11. The fourth-order valence-corrected chi connectivity index (χ4v) is 4.21. The van der Waals surface area contributed by atoms with E-state index in [9.17, 15) is 19.2 Å². The Morgan fingerprint density at radius 3 is 2.70 bits per heavy atom. The number of amides is 4. The van der Waals surface area contributed by atoms with Crippen LogP contribution in [0.3, 0.4) is 0 Å². The molecule has 37 heavy (non-hydrogen) atoms. The molecule has 4 amide bonds. The van der Waals surface area contributed by atoms with Gasteiger partial charge in [-0.1, -0.05) is 0 Å². The van der Waals surface area contributed by atoms with Gasteiger partial charge in [0.15, 0.2) is 10.8 Å². The lowest BCUT2D eigenvalue weighted by atomic mass is 10.2. The summed E-state index contributed by atoms with van der Waals surface area (Å²) in [5, 5.41) is 16.4. The Kier molecular flexibility index (Phi) is 9.19. The van der Waals surface area contributed by atoms with Crippen molar-refractivity contribution in [2.45, 2.75) is 20.0 Å². The zero-order chi connectivity index (χ0) is 27.1. The van der Waals surface area contributed by atoms with Crippen LogP contribution in [0.15, 0.2) is 23.6 Å². The van der Waals surface area contributed by atoms with Crippen molar-refractivity contribution < 1.29 is 38.2 Å². The van der Waals surface area contributed by atoms with Crippen LogP contribution < -0.4 is 20.4 Å². The van der Waals surface area contributed by atoms with E-state index >= 15 is 4.39 Å². The number of urea groups is 1. The number of carbonyl (C=O) groups is 4. The molecule has 1 atom stereocenters. The van der Waals surface area contributed by atoms with Crippen LogP contribution in [-0.2, 0) is 14.4 Å². The Labute approximate surface area is 215 Å². The standard InChI is InChI=1S/C22H27FN6O7S/c1-4-27(7-8-29(35-3)21(33)26-20-25-17(12-37-20)19(31)32)18-6-5-14(9-16(18)23)28-11-15(36-22(28)34)10-24-13(2)30/h5-6,9,12,15H,4,7-8,10-11H2,1-3H3,(H,24,30)(H,31,32)(H,25,26,33)/t15-/m0/s1. The molecule has 0 unspecified atom stereocenters. The summed E-state index contributed by atoms with van der Waals surface area (Å²) in [4.78, 5) is 58.7. The van der Waals surface area contributed by atoms with Crippen LogP contribution >= 0.6 is 11.3 Å². The molecule has 1 aromatic heterocycles. The number of aromatic carboxylic acids is 1. The van der Waals surface area contributed by atoms with Crippen molar-refractivity contribution in [1.29, 1.82) is 0 Å². The van der Waals surface area contributed by atoms with E-state index in [0.29, 0.717) is 12.2 Å². The molecule has 2 heterocycles. The number of benzene rings is 1. The number of anilines is 3. The number of ether oxygens (including phenoxy) is 1. The van der Waals surface area contributed by atoms with Gasteiger partial charge in [-0.15, -0.1) is 11.3 Å². The summed E-state index contributed by atoms with van der Waals surface area (Å²) in [6, 6.07) is 3.68. The number of halogens is 1. The molecule has 200 valence electrons. The minimum atomic E-state index is -1.21. The van der Waals surface area contributed by atoms with Gasteiger partial charge in [-0.3, -0.25) is 19.8 Å². The molecule has 1 aromatic carbocycles. The molecule has 15 heteroatoms. The number of nitrogens with zero attached hydrogens (tertiary/aromatic N) is 4. The van der Waals surface area contributed by atoms with E-state index in [1.54, 1.807) is 11.0 Å². The molecule has 0 bridgehead atoms. The second-order valence-electron chi connectivity index (χ2n) is 7.83. The molecule has 1 aliphatic heterocycles. The Hall–Kier alpha value is -3.98. The lowest BCUT2D eigenvalue weighted by molar-refractivity contribution is -0.119. The van der Waals surface area contributed by atoms with E-state index in [1.165, 1.54) is 36.4 Å². The number of likely N-dealkylation sites (N-methyl/N-ethyl adjacent to an activating group) is 1. The van der Waals surface area contributed by atoms with Crippen molar-refractivity contribution in [3.63, 3.8) is 0 Å². The average Bonchev–Trinajstić information content (AvgIpc) is 3.47. The number of cyclic esters (lactones) is 1. The minimum absolute atomic E-state index is 0.0534. The molecule has 1 fully saturated rings. The van der Waals surface area contributed by atoms with Crippen molar-refractivity contribution in [3.05, 3.63) is 35.1 Å². The lowest BCUT2D eigenvalue weighted by Crippen LogP contribution is -2.40. The molecule has 0 aliphatic carbocycles. The van der Waals surface area contributed by atoms with Gasteiger partial charge in [0.05, 0.1) is 38.1 Å². The molecule has 0 spiro atoms. The number of carbonyl (C=O) groups excluding carboxylic acids is 3. The molecule has 3 rings (SSSR count). The number of hydrogen-bond acceptors (Lipinski definition) is 9. The summed E-state index contributed by atoms with van der Waals surface area (Å²) in [7, 11) is 1.30. The predicted octanol–water partition coefficient (Wildman–Crippen LogP) is 2.36. The van der Waals surface area contributed by atoms with Crippen LogP contribution in [0, 0.1) is 5.82 Å². The molecular formula is C22H27FN6O7S. The second kappa shape index (κ2) is 12.3. The van der Waals surface area contributed by atoms with Crippen molar-refractivity contribution in [3.8, 4) is 0 Å². The fourth-order valence-electron chi connectivity index (χ4n) is 3.54. The highest BCUT2D eigenvalue weighted by atomic mass is 32.1. The number of nitrogens with one attached hydrogen (secondary N) is 2. The zero-order valence-corrected chi connectivity index (χ0v) is 21.2. The number of aromatic nitrogens is 1. The Morgan fingerprint density at radius 1 is 1.35 bits per heavy atom. The predicted molar refractivity (Wildman–Crippen MR) is 132 cm³/mol. The SMILES string of the molecule is CCN(CCN(OC)C(=O)Nc1nc(C(=O)O)cs1)c1ccc(N2C[C@H](CNC(C)=O)OC2=O)cc1F. The number of thiazole rings is 1. The first kappa shape index (κ1) is 27.6. The first-order chi connectivity index (χ1) is 17.6. The maximum Gasteiger partial charge on any atom is 0.414 e. The van der Waals surface area contributed by atoms with Gasteiger partial charge in [0.25, 0.3) is 0 Å². The first-order valence-corrected chi connectivity index (χ1v) is 12.1. The molecule has 0 radical (unpaired) electrons. The third-order valence-electron chi connectivity index (χ3n) is 5.38. The highest BCUT2D eigenvalue weighted by Crippen LogP contribution is 2.28. The van der Waals surface area contributed by atoms with E-state index in [2.05, 4.69) is 15.6 Å². The topological polar surface area (TPSA) is 154 Å². The lowest BCUT2D eigenvalue weighted by Gasteiger charge is -2.27. The van der Waals surface area contributed by atoms with Crippen LogP contribution in [0.2, 0.25) is 0 Å². The average molecular weight is 539 g/mol. The van der Waals surface area contributed by atoms with Gasteiger partial charge in [-0.05, 0) is 25.1 Å². The third-order valence-corrected chi connectivity index (χ3v) is 6.13. The van der Waals surface area contributed by atoms with Gasteiger partial charge in [0, 0.05) is 25.4 Å². The third kappa shape index (κ3) is 7.04. The molecule has 1 aliphatic rings. The summed E-state index contributed by atoms with van der Waals surface area (Å²) in [5.41, 5.74) is 0.386. The van der Waals surface area contributed by atoms with Gasteiger partial charge < -0.3 is 20.1 Å². The first-order valence-electron chi connectivity index (χ1n) is 11.2. The summed E-state index contributed by atoms with van der Waals surface area (Å²) in [6.45, 7) is 4.17. The van der Waals surface area contributed by atoms with Crippen LogP contribution in [0.5, 0.6) is 0 Å². The van der Waals surface area contributed by atoms with Crippen LogP contribution in [0.1, 0.15) is 24.3 Å². The Morgan fingerprint density at radius 2 is 2.11 bits per heavy atom. The number of carboxylic acid groups (broad SMARTS) is 1. The van der Waals surface area contributed by atoms with Gasteiger partial charge >= 0.3 is 18.1 Å². The van der Waals surface area contributed by atoms with Gasteiger partial charge in [-0.2, -0.15) is 0 Å². The molecule has 0 saturated carbocycles. The Balaban J connectivity index is 1.61. The molecular weight excluding hydrogens is 511 g/mol. The normalized spacial score (nSPS) is 14.8. The van der Waals surface area contributed by atoms with Crippen LogP contribution in [-0.4, -0.2) is 85.1 Å². The van der Waals surface area contributed by atoms with Gasteiger partial charge in [0.1, 0.15) is 11.9 Å². The van der Waals surface area contributed by atoms with E-state index in [1.807, 2.05) is 6.92 Å². The van der Waals surface area contributed by atoms with Crippen LogP contribution in [0.4, 0.5) is 30.5 Å². The quantitative estimate of drug-likeness (QED) is 0.366. The van der Waals surface area contributed by atoms with E-state index in [4.69, 9.17) is 14.7 Å². The van der Waals surface area contributed by atoms with E-state index in [0.717, 1.165) is 16.4 Å². The zero-order valence-electron chi connectivity index (χ0n) is 20.4. The summed E-state index contributed by atoms with van der Waals surface area (Å²) >= 11 is 0.956. The van der Waals surface area contributed by atoms with Gasteiger partial charge in [-0.25, -0.2) is 28.8 Å². The smallest absolute Gasteiger partial charge is 0.414 e. The maximum atomic E-state index is 15.1.